The first-order chi connectivity index (χ1) is 9.83. The summed E-state index contributed by atoms with van der Waals surface area (Å²) in [6.07, 6.45) is 2.53. The molecule has 0 aliphatic rings. The van der Waals surface area contributed by atoms with Crippen LogP contribution in [0.3, 0.4) is 0 Å². The maximum Gasteiger partial charge on any atom is 0.358 e. The average Bonchev–Trinajstić information content (AvgIpc) is 2.37. The molecule has 0 heterocycles. The summed E-state index contributed by atoms with van der Waals surface area (Å²) in [7, 11) is 3.43. The van der Waals surface area contributed by atoms with Crippen LogP contribution >= 0.6 is 0 Å². The summed E-state index contributed by atoms with van der Waals surface area (Å²) in [4.78, 5) is 28.9. The fraction of sp³-hybridized carbons (Fsp3) is 0.500. The van der Waals surface area contributed by atoms with Gasteiger partial charge in [-0.3, -0.25) is 0 Å². The molecule has 0 fully saturated rings. The maximum atomic E-state index is 11.7. The first kappa shape index (κ1) is 18.7. The van der Waals surface area contributed by atoms with Crippen LogP contribution in [0.5, 0.6) is 0 Å². The smallest absolute Gasteiger partial charge is 0.358 e. The number of carbonyl (C=O) groups excluding carboxylic acids is 2. The molecule has 0 aromatic carbocycles. The number of carbonyl (C=O) groups is 2. The topological polar surface area (TPSA) is 88.4 Å². The number of hydrogen-bond donors (Lipinski definition) is 1. The number of esters is 2. The summed E-state index contributed by atoms with van der Waals surface area (Å²) in [5, 5.41) is 9.49. The highest BCUT2D eigenvalue weighted by molar-refractivity contribution is 6.10. The summed E-state index contributed by atoms with van der Waals surface area (Å²) in [5.41, 5.74) is -0.115. The van der Waals surface area contributed by atoms with Crippen molar-refractivity contribution in [3.63, 3.8) is 0 Å². The van der Waals surface area contributed by atoms with Crippen molar-refractivity contribution in [3.05, 3.63) is 23.2 Å². The molecule has 0 aromatic heterocycles. The molecule has 118 valence electrons. The van der Waals surface area contributed by atoms with Crippen LogP contribution in [0.4, 0.5) is 0 Å². The van der Waals surface area contributed by atoms with Gasteiger partial charge in [0.25, 0.3) is 0 Å². The Bertz CT molecular complexity index is 460. The van der Waals surface area contributed by atoms with Gasteiger partial charge in [-0.1, -0.05) is 0 Å². The molecular weight excluding hydrogens is 276 g/mol. The lowest BCUT2D eigenvalue weighted by molar-refractivity contribution is -0.139. The third-order valence-electron chi connectivity index (χ3n) is 2.08. The van der Waals surface area contributed by atoms with Gasteiger partial charge < -0.3 is 19.5 Å². The summed E-state index contributed by atoms with van der Waals surface area (Å²) in [5.74, 6) is -1.58. The van der Waals surface area contributed by atoms with E-state index in [1.807, 2.05) is 0 Å². The zero-order valence-corrected chi connectivity index (χ0v) is 13.0. The molecule has 0 aliphatic heterocycles. The second-order valence-electron chi connectivity index (χ2n) is 4.18. The fourth-order valence-electron chi connectivity index (χ4n) is 1.23. The minimum absolute atomic E-state index is 0.00454. The molecule has 7 nitrogen and oxygen atoms in total. The standard InChI is InChI=1S/C14H22N2O5/c1-6-20-13(18)11(10(3)17)8-15-12(9-16(4)5)14(19)21-7-2/h8-9,17H,6-7H2,1-5H3. The number of aliphatic hydroxyl groups is 1. The van der Waals surface area contributed by atoms with Crippen molar-refractivity contribution < 1.29 is 24.2 Å². The SMILES string of the molecule is CCOC(=O)C(=CN(C)C)N=CC(C(=O)OCC)=C(C)O. The molecule has 21 heavy (non-hydrogen) atoms. The van der Waals surface area contributed by atoms with Gasteiger partial charge in [-0.25, -0.2) is 14.6 Å². The first-order valence-corrected chi connectivity index (χ1v) is 6.49. The Morgan fingerprint density at radius 1 is 1.14 bits per heavy atom. The molecule has 7 heteroatoms. The van der Waals surface area contributed by atoms with E-state index >= 15 is 0 Å². The van der Waals surface area contributed by atoms with Gasteiger partial charge in [0.15, 0.2) is 5.70 Å². The van der Waals surface area contributed by atoms with Crippen LogP contribution in [0.2, 0.25) is 0 Å². The molecule has 0 radical (unpaired) electrons. The Morgan fingerprint density at radius 3 is 2.10 bits per heavy atom. The number of allylic oxidation sites excluding steroid dienone is 1. The van der Waals surface area contributed by atoms with Gasteiger partial charge in [-0.15, -0.1) is 0 Å². The third kappa shape index (κ3) is 7.14. The van der Waals surface area contributed by atoms with Gasteiger partial charge >= 0.3 is 11.9 Å². The van der Waals surface area contributed by atoms with E-state index in [4.69, 9.17) is 9.47 Å². The highest BCUT2D eigenvalue weighted by atomic mass is 16.5. The molecule has 0 atom stereocenters. The van der Waals surface area contributed by atoms with E-state index in [0.29, 0.717) is 0 Å². The fourth-order valence-corrected chi connectivity index (χ4v) is 1.23. The van der Waals surface area contributed by atoms with Gasteiger partial charge in [0.05, 0.1) is 13.2 Å². The lowest BCUT2D eigenvalue weighted by atomic mass is 10.2. The summed E-state index contributed by atoms with van der Waals surface area (Å²) in [6.45, 7) is 5.03. The molecule has 0 saturated carbocycles. The van der Waals surface area contributed by atoms with Crippen LogP contribution < -0.4 is 0 Å². The molecule has 1 N–H and O–H groups in total. The van der Waals surface area contributed by atoms with Crippen LogP contribution in [-0.4, -0.2) is 55.5 Å². The van der Waals surface area contributed by atoms with Gasteiger partial charge in [0.1, 0.15) is 11.3 Å². The highest BCUT2D eigenvalue weighted by Crippen LogP contribution is 2.06. The van der Waals surface area contributed by atoms with E-state index in [2.05, 4.69) is 4.99 Å². The number of aliphatic imine (C=N–C) groups is 1. The highest BCUT2D eigenvalue weighted by Gasteiger charge is 2.14. The van der Waals surface area contributed by atoms with Crippen LogP contribution in [0.25, 0.3) is 0 Å². The molecule has 0 spiro atoms. The zero-order chi connectivity index (χ0) is 16.4. The van der Waals surface area contributed by atoms with Crippen molar-refractivity contribution in [2.75, 3.05) is 27.3 Å². The van der Waals surface area contributed by atoms with Crippen LogP contribution in [0.1, 0.15) is 20.8 Å². The number of ether oxygens (including phenoxy) is 2. The van der Waals surface area contributed by atoms with Gasteiger partial charge in [-0.2, -0.15) is 0 Å². The Hall–Kier alpha value is -2.31. The van der Waals surface area contributed by atoms with Crippen LogP contribution in [-0.2, 0) is 19.1 Å². The van der Waals surface area contributed by atoms with Crippen molar-refractivity contribution in [2.24, 2.45) is 4.99 Å². The molecular formula is C14H22N2O5. The van der Waals surface area contributed by atoms with E-state index < -0.39 is 11.9 Å². The zero-order valence-electron chi connectivity index (χ0n) is 13.0. The minimum atomic E-state index is -0.714. The third-order valence-corrected chi connectivity index (χ3v) is 2.08. The normalized spacial score (nSPS) is 12.9. The van der Waals surface area contributed by atoms with Crippen molar-refractivity contribution in [1.82, 2.24) is 4.90 Å². The van der Waals surface area contributed by atoms with E-state index in [1.54, 1.807) is 32.8 Å². The molecule has 0 aromatic rings. The maximum absolute atomic E-state index is 11.7. The lowest BCUT2D eigenvalue weighted by Gasteiger charge is -2.08. The van der Waals surface area contributed by atoms with Crippen molar-refractivity contribution in [1.29, 1.82) is 0 Å². The first-order valence-electron chi connectivity index (χ1n) is 6.49. The minimum Gasteiger partial charge on any atom is -0.512 e. The van der Waals surface area contributed by atoms with Gasteiger partial charge in [-0.05, 0) is 20.8 Å². The molecule has 0 saturated heterocycles. The van der Waals surface area contributed by atoms with E-state index in [0.717, 1.165) is 6.21 Å². The van der Waals surface area contributed by atoms with Crippen molar-refractivity contribution in [2.45, 2.75) is 20.8 Å². The summed E-state index contributed by atoms with van der Waals surface area (Å²) in [6, 6.07) is 0. The Morgan fingerprint density at radius 2 is 1.67 bits per heavy atom. The second-order valence-corrected chi connectivity index (χ2v) is 4.18. The monoisotopic (exact) mass is 298 g/mol. The molecule has 0 rings (SSSR count). The van der Waals surface area contributed by atoms with Crippen LogP contribution in [0, 0.1) is 0 Å². The van der Waals surface area contributed by atoms with E-state index in [1.165, 1.54) is 13.1 Å². The number of aliphatic hydroxyl groups excluding tert-OH is 1. The number of hydrogen-bond acceptors (Lipinski definition) is 7. The lowest BCUT2D eigenvalue weighted by Crippen LogP contribution is -2.14. The van der Waals surface area contributed by atoms with Crippen molar-refractivity contribution >= 4 is 18.2 Å². The molecule has 0 amide bonds. The predicted molar refractivity (Wildman–Crippen MR) is 78.9 cm³/mol. The Labute approximate surface area is 124 Å². The Balaban J connectivity index is 5.35. The predicted octanol–water partition coefficient (Wildman–Crippen LogP) is 1.42. The van der Waals surface area contributed by atoms with E-state index in [9.17, 15) is 14.7 Å². The number of nitrogens with zero attached hydrogens (tertiary/aromatic N) is 2. The quantitative estimate of drug-likeness (QED) is 0.331. The van der Waals surface area contributed by atoms with Crippen LogP contribution in [0.15, 0.2) is 28.2 Å². The van der Waals surface area contributed by atoms with Gasteiger partial charge in [0.2, 0.25) is 0 Å². The summed E-state index contributed by atoms with van der Waals surface area (Å²) < 4.78 is 9.66. The molecule has 0 bridgehead atoms. The van der Waals surface area contributed by atoms with Gasteiger partial charge in [0, 0.05) is 26.5 Å². The Kier molecular flexibility index (Phi) is 8.52. The average molecular weight is 298 g/mol. The van der Waals surface area contributed by atoms with E-state index in [-0.39, 0.29) is 30.2 Å². The largest absolute Gasteiger partial charge is 0.512 e. The van der Waals surface area contributed by atoms with Crippen molar-refractivity contribution in [3.8, 4) is 0 Å². The number of rotatable bonds is 7. The molecule has 0 unspecified atom stereocenters. The summed E-state index contributed by atoms with van der Waals surface area (Å²) >= 11 is 0. The second kappa shape index (κ2) is 9.57. The molecule has 0 aliphatic carbocycles.